The smallest absolute Gasteiger partial charge is 0.244 e. The Bertz CT molecular complexity index is 382. The maximum Gasteiger partial charge on any atom is 0.244 e. The third-order valence-electron chi connectivity index (χ3n) is 2.85. The Morgan fingerprint density at radius 3 is 2.05 bits per heavy atom. The first-order chi connectivity index (χ1) is 8.74. The van der Waals surface area contributed by atoms with Gasteiger partial charge in [0, 0.05) is 5.92 Å². The van der Waals surface area contributed by atoms with E-state index >= 15 is 0 Å². The largest absolute Gasteiger partial charge is 0.488 e. The fourth-order valence-electron chi connectivity index (χ4n) is 1.87. The molecule has 0 saturated carbocycles. The number of alkyl halides is 2. The Kier molecular flexibility index (Phi) is 5.29. The second kappa shape index (κ2) is 6.33. The van der Waals surface area contributed by atoms with Crippen LogP contribution in [0.5, 0.6) is 5.75 Å². The van der Waals surface area contributed by atoms with E-state index in [4.69, 9.17) is 4.74 Å². The lowest BCUT2D eigenvalue weighted by Crippen LogP contribution is -2.23. The summed E-state index contributed by atoms with van der Waals surface area (Å²) in [5.41, 5.74) is 0.183. The van der Waals surface area contributed by atoms with Crippen LogP contribution in [-0.4, -0.2) is 17.1 Å². The van der Waals surface area contributed by atoms with Gasteiger partial charge in [0.05, 0.1) is 6.10 Å². The van der Waals surface area contributed by atoms with E-state index in [-0.39, 0.29) is 12.0 Å². The zero-order valence-corrected chi connectivity index (χ0v) is 11.9. The number of hydrogen-bond donors (Lipinski definition) is 1. The molecule has 2 nitrogen and oxygen atoms in total. The quantitative estimate of drug-likeness (QED) is 0.871. The summed E-state index contributed by atoms with van der Waals surface area (Å²) in [6.07, 6.45) is -3.43. The summed E-state index contributed by atoms with van der Waals surface area (Å²) < 4.78 is 31.1. The van der Waals surface area contributed by atoms with Crippen molar-refractivity contribution in [3.8, 4) is 5.75 Å². The van der Waals surface area contributed by atoms with Crippen LogP contribution in [0.25, 0.3) is 0 Å². The van der Waals surface area contributed by atoms with E-state index in [0.717, 1.165) is 0 Å². The fraction of sp³-hybridized carbons (Fsp3) is 0.600. The lowest BCUT2D eigenvalue weighted by molar-refractivity contribution is -0.0110. The summed E-state index contributed by atoms with van der Waals surface area (Å²) in [6, 6.07) is 6.66. The third-order valence-corrected chi connectivity index (χ3v) is 2.85. The van der Waals surface area contributed by atoms with Crippen LogP contribution >= 0.6 is 0 Å². The van der Waals surface area contributed by atoms with Crippen LogP contribution in [0.15, 0.2) is 24.3 Å². The van der Waals surface area contributed by atoms with Gasteiger partial charge in [0.2, 0.25) is 6.43 Å². The van der Waals surface area contributed by atoms with Crippen molar-refractivity contribution in [1.82, 2.24) is 0 Å². The molecule has 4 heteroatoms. The minimum Gasteiger partial charge on any atom is -0.488 e. The number of benzene rings is 1. The van der Waals surface area contributed by atoms with Crippen LogP contribution in [0.1, 0.15) is 45.8 Å². The first-order valence-electron chi connectivity index (χ1n) is 6.49. The molecule has 19 heavy (non-hydrogen) atoms. The Morgan fingerprint density at radius 2 is 1.68 bits per heavy atom. The molecule has 0 aliphatic rings. The van der Waals surface area contributed by atoms with Gasteiger partial charge >= 0.3 is 0 Å². The van der Waals surface area contributed by atoms with Gasteiger partial charge in [0.1, 0.15) is 11.4 Å². The van der Waals surface area contributed by atoms with Crippen LogP contribution in [0.4, 0.5) is 8.78 Å². The third kappa shape index (κ3) is 4.78. The molecule has 0 spiro atoms. The van der Waals surface area contributed by atoms with Gasteiger partial charge in [-0.1, -0.05) is 19.1 Å². The molecule has 0 heterocycles. The summed E-state index contributed by atoms with van der Waals surface area (Å²) in [6.45, 7) is 7.44. The van der Waals surface area contributed by atoms with Gasteiger partial charge in [0.15, 0.2) is 0 Å². The Labute approximate surface area is 113 Å². The van der Waals surface area contributed by atoms with Gasteiger partial charge in [-0.3, -0.25) is 0 Å². The summed E-state index contributed by atoms with van der Waals surface area (Å²) in [5, 5.41) is 9.95. The van der Waals surface area contributed by atoms with Crippen LogP contribution in [0.3, 0.4) is 0 Å². The normalized spacial score (nSPS) is 15.4. The highest BCUT2D eigenvalue weighted by Crippen LogP contribution is 2.31. The molecule has 0 amide bonds. The Morgan fingerprint density at radius 1 is 1.16 bits per heavy atom. The summed E-state index contributed by atoms with van der Waals surface area (Å²) in [7, 11) is 0. The van der Waals surface area contributed by atoms with E-state index in [1.807, 2.05) is 20.8 Å². The number of halogens is 2. The van der Waals surface area contributed by atoms with E-state index in [2.05, 4.69) is 0 Å². The summed E-state index contributed by atoms with van der Waals surface area (Å²) >= 11 is 0. The number of hydrogen-bond acceptors (Lipinski definition) is 2. The van der Waals surface area contributed by atoms with Gasteiger partial charge < -0.3 is 9.84 Å². The molecule has 2 unspecified atom stereocenters. The number of aliphatic hydroxyl groups excluding tert-OH is 1. The zero-order chi connectivity index (χ0) is 14.6. The average molecular weight is 272 g/mol. The Balaban J connectivity index is 2.81. The molecular weight excluding hydrogens is 250 g/mol. The standard InChI is InChI=1S/C15H22F2O2/c1-5-12(14(16)17)13(18)10-6-8-11(9-7-10)19-15(2,3)4/h6-9,12-14,18H,5H2,1-4H3. The van der Waals surface area contributed by atoms with Crippen molar-refractivity contribution < 1.29 is 18.6 Å². The van der Waals surface area contributed by atoms with Crippen LogP contribution < -0.4 is 4.74 Å². The average Bonchev–Trinajstić information content (AvgIpc) is 2.28. The molecule has 1 aromatic rings. The molecule has 1 N–H and O–H groups in total. The lowest BCUT2D eigenvalue weighted by Gasteiger charge is -2.23. The van der Waals surface area contributed by atoms with Gasteiger partial charge in [-0.05, 0) is 44.9 Å². The van der Waals surface area contributed by atoms with Gasteiger partial charge in [-0.25, -0.2) is 8.78 Å². The van der Waals surface area contributed by atoms with Crippen LogP contribution in [0, 0.1) is 5.92 Å². The van der Waals surface area contributed by atoms with Crippen LogP contribution in [0.2, 0.25) is 0 Å². The molecular formula is C15H22F2O2. The lowest BCUT2D eigenvalue weighted by atomic mass is 9.94. The van der Waals surface area contributed by atoms with Gasteiger partial charge in [0.25, 0.3) is 0 Å². The maximum atomic E-state index is 12.8. The van der Waals surface area contributed by atoms with Crippen molar-refractivity contribution in [1.29, 1.82) is 0 Å². The minimum absolute atomic E-state index is 0.235. The molecule has 108 valence electrons. The van der Waals surface area contributed by atoms with Crippen molar-refractivity contribution >= 4 is 0 Å². The fourth-order valence-corrected chi connectivity index (χ4v) is 1.87. The van der Waals surface area contributed by atoms with E-state index < -0.39 is 18.4 Å². The van der Waals surface area contributed by atoms with Crippen molar-refractivity contribution in [3.63, 3.8) is 0 Å². The summed E-state index contributed by atoms with van der Waals surface area (Å²) in [5.74, 6) is -0.372. The van der Waals surface area contributed by atoms with E-state index in [1.54, 1.807) is 31.2 Å². The van der Waals surface area contributed by atoms with E-state index in [0.29, 0.717) is 11.3 Å². The highest BCUT2D eigenvalue weighted by molar-refractivity contribution is 5.29. The molecule has 0 aliphatic heterocycles. The van der Waals surface area contributed by atoms with Crippen LogP contribution in [-0.2, 0) is 0 Å². The van der Waals surface area contributed by atoms with Crippen molar-refractivity contribution in [2.24, 2.45) is 5.92 Å². The second-order valence-corrected chi connectivity index (χ2v) is 5.63. The molecule has 0 radical (unpaired) electrons. The molecule has 1 rings (SSSR count). The molecule has 0 fully saturated rings. The molecule has 0 saturated heterocycles. The predicted molar refractivity (Wildman–Crippen MR) is 71.6 cm³/mol. The maximum absolute atomic E-state index is 12.8. The number of aliphatic hydroxyl groups is 1. The van der Waals surface area contributed by atoms with Gasteiger partial charge in [-0.2, -0.15) is 0 Å². The minimum atomic E-state index is -2.52. The monoisotopic (exact) mass is 272 g/mol. The van der Waals surface area contributed by atoms with Gasteiger partial charge in [-0.15, -0.1) is 0 Å². The highest BCUT2D eigenvalue weighted by Gasteiger charge is 2.27. The first kappa shape index (κ1) is 15.9. The molecule has 1 aromatic carbocycles. The van der Waals surface area contributed by atoms with E-state index in [9.17, 15) is 13.9 Å². The highest BCUT2D eigenvalue weighted by atomic mass is 19.3. The van der Waals surface area contributed by atoms with Crippen molar-refractivity contribution in [2.75, 3.05) is 0 Å². The van der Waals surface area contributed by atoms with Crippen molar-refractivity contribution in [2.45, 2.75) is 52.2 Å². The summed E-state index contributed by atoms with van der Waals surface area (Å²) in [4.78, 5) is 0. The molecule has 2 atom stereocenters. The Hall–Kier alpha value is -1.16. The first-order valence-corrected chi connectivity index (χ1v) is 6.49. The number of ether oxygens (including phenoxy) is 1. The van der Waals surface area contributed by atoms with Crippen molar-refractivity contribution in [3.05, 3.63) is 29.8 Å². The number of rotatable bonds is 5. The SMILES string of the molecule is CCC(C(F)F)C(O)c1ccc(OC(C)(C)C)cc1. The topological polar surface area (TPSA) is 29.5 Å². The molecule has 0 aromatic heterocycles. The molecule has 0 bridgehead atoms. The zero-order valence-electron chi connectivity index (χ0n) is 11.9. The molecule has 0 aliphatic carbocycles. The second-order valence-electron chi connectivity index (χ2n) is 5.63. The predicted octanol–water partition coefficient (Wildman–Crippen LogP) is 4.19. The van der Waals surface area contributed by atoms with E-state index in [1.165, 1.54) is 0 Å².